The number of hydrogen-bond acceptors (Lipinski definition) is 2. The molecule has 3 nitrogen and oxygen atoms in total. The quantitative estimate of drug-likeness (QED) is 0.767. The molecule has 2 aromatic rings. The van der Waals surface area contributed by atoms with Gasteiger partial charge in [-0.25, -0.2) is 0 Å². The van der Waals surface area contributed by atoms with Crippen molar-refractivity contribution in [1.29, 1.82) is 0 Å². The van der Waals surface area contributed by atoms with Crippen molar-refractivity contribution in [2.75, 3.05) is 6.54 Å². The van der Waals surface area contributed by atoms with Crippen LogP contribution in [0, 0.1) is 6.92 Å². The predicted molar refractivity (Wildman–Crippen MR) is 86.2 cm³/mol. The lowest BCUT2D eigenvalue weighted by Crippen LogP contribution is -2.17. The van der Waals surface area contributed by atoms with Crippen molar-refractivity contribution < 1.29 is 4.79 Å². The molecular weight excluding hydrogens is 260 g/mol. The van der Waals surface area contributed by atoms with Crippen LogP contribution in [0.4, 0.5) is 0 Å². The van der Waals surface area contributed by atoms with Gasteiger partial charge in [-0.15, -0.1) is 0 Å². The van der Waals surface area contributed by atoms with Gasteiger partial charge in [0.2, 0.25) is 5.91 Å². The highest BCUT2D eigenvalue weighted by Gasteiger charge is 2.03. The number of carbonyl (C=O) groups excluding carboxylic acids is 1. The van der Waals surface area contributed by atoms with Crippen LogP contribution in [0.3, 0.4) is 0 Å². The molecule has 0 aromatic heterocycles. The molecule has 0 bridgehead atoms. The maximum absolute atomic E-state index is 11.1. The van der Waals surface area contributed by atoms with Crippen LogP contribution in [-0.4, -0.2) is 12.5 Å². The maximum atomic E-state index is 11.1. The second kappa shape index (κ2) is 7.60. The summed E-state index contributed by atoms with van der Waals surface area (Å²) < 4.78 is 0. The fourth-order valence-electron chi connectivity index (χ4n) is 2.33. The smallest absolute Gasteiger partial charge is 0.248 e. The minimum atomic E-state index is -0.375. The zero-order valence-corrected chi connectivity index (χ0v) is 12.4. The molecule has 2 rings (SSSR count). The highest BCUT2D eigenvalue weighted by Crippen LogP contribution is 2.10. The number of carbonyl (C=O) groups is 1. The van der Waals surface area contributed by atoms with Gasteiger partial charge in [-0.2, -0.15) is 0 Å². The number of primary amides is 1. The van der Waals surface area contributed by atoms with Gasteiger partial charge in [-0.3, -0.25) is 4.79 Å². The minimum Gasteiger partial charge on any atom is -0.366 e. The highest BCUT2D eigenvalue weighted by atomic mass is 16.1. The Morgan fingerprint density at radius 2 is 1.90 bits per heavy atom. The van der Waals surface area contributed by atoms with Crippen LogP contribution >= 0.6 is 0 Å². The number of hydrogen-bond donors (Lipinski definition) is 2. The summed E-state index contributed by atoms with van der Waals surface area (Å²) >= 11 is 0. The summed E-state index contributed by atoms with van der Waals surface area (Å²) in [4.78, 5) is 11.1. The Kier molecular flexibility index (Phi) is 5.52. The Balaban J connectivity index is 1.75. The van der Waals surface area contributed by atoms with Crippen LogP contribution in [0.5, 0.6) is 0 Å². The first kappa shape index (κ1) is 15.3. The van der Waals surface area contributed by atoms with E-state index >= 15 is 0 Å². The van der Waals surface area contributed by atoms with Crippen LogP contribution < -0.4 is 11.1 Å². The van der Waals surface area contributed by atoms with Crippen molar-refractivity contribution in [3.63, 3.8) is 0 Å². The van der Waals surface area contributed by atoms with Crippen molar-refractivity contribution in [3.8, 4) is 0 Å². The third-order valence-corrected chi connectivity index (χ3v) is 3.60. The Morgan fingerprint density at radius 1 is 1.14 bits per heavy atom. The predicted octanol–water partition coefficient (Wildman–Crippen LogP) is 2.82. The summed E-state index contributed by atoms with van der Waals surface area (Å²) in [6.45, 7) is 3.80. The Labute approximate surface area is 126 Å². The molecule has 0 unspecified atom stereocenters. The molecule has 2 aromatic carbocycles. The third kappa shape index (κ3) is 4.72. The summed E-state index contributed by atoms with van der Waals surface area (Å²) in [7, 11) is 0. The molecule has 0 spiro atoms. The lowest BCUT2D eigenvalue weighted by Gasteiger charge is -2.09. The third-order valence-electron chi connectivity index (χ3n) is 3.60. The van der Waals surface area contributed by atoms with Crippen molar-refractivity contribution in [3.05, 3.63) is 70.8 Å². The lowest BCUT2D eigenvalue weighted by molar-refractivity contribution is 0.1000. The van der Waals surface area contributed by atoms with E-state index in [-0.39, 0.29) is 5.91 Å². The van der Waals surface area contributed by atoms with E-state index in [4.69, 9.17) is 5.73 Å². The van der Waals surface area contributed by atoms with Crippen molar-refractivity contribution >= 4 is 5.91 Å². The van der Waals surface area contributed by atoms with E-state index in [9.17, 15) is 4.79 Å². The molecule has 3 N–H and O–H groups in total. The average Bonchev–Trinajstić information content (AvgIpc) is 2.49. The van der Waals surface area contributed by atoms with Gasteiger partial charge in [-0.05, 0) is 55.1 Å². The van der Waals surface area contributed by atoms with E-state index < -0.39 is 0 Å². The fourth-order valence-corrected chi connectivity index (χ4v) is 2.33. The molecule has 3 heteroatoms. The molecule has 0 saturated heterocycles. The second-order valence-corrected chi connectivity index (χ2v) is 5.27. The van der Waals surface area contributed by atoms with Crippen molar-refractivity contribution in [2.45, 2.75) is 26.3 Å². The maximum Gasteiger partial charge on any atom is 0.248 e. The molecule has 0 aliphatic rings. The van der Waals surface area contributed by atoms with Gasteiger partial charge in [0.05, 0.1) is 0 Å². The monoisotopic (exact) mass is 282 g/mol. The number of benzene rings is 2. The van der Waals surface area contributed by atoms with E-state index in [0.717, 1.165) is 31.5 Å². The summed E-state index contributed by atoms with van der Waals surface area (Å²) in [6, 6.07) is 16.1. The Bertz CT molecular complexity index is 593. The number of rotatable bonds is 7. The highest BCUT2D eigenvalue weighted by molar-refractivity contribution is 5.93. The van der Waals surface area contributed by atoms with Crippen LogP contribution in [-0.2, 0) is 13.0 Å². The molecule has 110 valence electrons. The second-order valence-electron chi connectivity index (χ2n) is 5.27. The molecule has 21 heavy (non-hydrogen) atoms. The lowest BCUT2D eigenvalue weighted by atomic mass is 10.0. The fraction of sp³-hybridized carbons (Fsp3) is 0.278. The molecule has 0 radical (unpaired) electrons. The van der Waals surface area contributed by atoms with Crippen molar-refractivity contribution in [2.24, 2.45) is 5.73 Å². The van der Waals surface area contributed by atoms with Crippen molar-refractivity contribution in [1.82, 2.24) is 5.32 Å². The molecule has 0 saturated carbocycles. The summed E-state index contributed by atoms with van der Waals surface area (Å²) in [6.07, 6.45) is 2.20. The standard InChI is InChI=1S/C18H22N2O/c1-14-12-16(18(19)21)9-10-17(14)13-20-11-5-8-15-6-3-2-4-7-15/h2-4,6-7,9-10,12,20H,5,8,11,13H2,1H3,(H2,19,21). The SMILES string of the molecule is Cc1cc(C(N)=O)ccc1CNCCCc1ccccc1. The van der Waals surface area contributed by atoms with Gasteiger partial charge in [0.15, 0.2) is 0 Å². The van der Waals surface area contributed by atoms with Gasteiger partial charge in [-0.1, -0.05) is 36.4 Å². The van der Waals surface area contributed by atoms with E-state index in [1.165, 1.54) is 11.1 Å². The number of aryl methyl sites for hydroxylation is 2. The van der Waals surface area contributed by atoms with E-state index in [2.05, 4.69) is 29.6 Å². The first-order valence-electron chi connectivity index (χ1n) is 7.31. The van der Waals surface area contributed by atoms with Gasteiger partial charge >= 0.3 is 0 Å². The van der Waals surface area contributed by atoms with E-state index in [1.54, 1.807) is 6.07 Å². The summed E-state index contributed by atoms with van der Waals surface area (Å²) in [5, 5.41) is 3.45. The zero-order valence-electron chi connectivity index (χ0n) is 12.4. The molecule has 1 amide bonds. The Hall–Kier alpha value is -2.13. The molecule has 0 atom stereocenters. The minimum absolute atomic E-state index is 0.375. The zero-order chi connectivity index (χ0) is 15.1. The largest absolute Gasteiger partial charge is 0.366 e. The summed E-state index contributed by atoms with van der Waals surface area (Å²) in [5.74, 6) is -0.375. The van der Waals surface area contributed by atoms with E-state index in [1.807, 2.05) is 25.1 Å². The molecule has 0 heterocycles. The molecule has 0 aliphatic carbocycles. The first-order valence-corrected chi connectivity index (χ1v) is 7.31. The van der Waals surface area contributed by atoms with E-state index in [0.29, 0.717) is 5.56 Å². The van der Waals surface area contributed by atoms with Gasteiger partial charge in [0, 0.05) is 12.1 Å². The average molecular weight is 282 g/mol. The number of amides is 1. The summed E-state index contributed by atoms with van der Waals surface area (Å²) in [5.41, 5.74) is 9.53. The van der Waals surface area contributed by atoms with Gasteiger partial charge in [0.1, 0.15) is 0 Å². The normalized spacial score (nSPS) is 10.5. The topological polar surface area (TPSA) is 55.1 Å². The molecule has 0 aliphatic heterocycles. The molecule has 0 fully saturated rings. The number of nitrogens with one attached hydrogen (secondary N) is 1. The van der Waals surface area contributed by atoms with Gasteiger partial charge in [0.25, 0.3) is 0 Å². The van der Waals surface area contributed by atoms with Gasteiger partial charge < -0.3 is 11.1 Å². The first-order chi connectivity index (χ1) is 10.2. The molecular formula is C18H22N2O. The Morgan fingerprint density at radius 3 is 2.57 bits per heavy atom. The van der Waals surface area contributed by atoms with Crippen LogP contribution in [0.1, 0.15) is 33.5 Å². The van der Waals surface area contributed by atoms with Crippen LogP contribution in [0.15, 0.2) is 48.5 Å². The van der Waals surface area contributed by atoms with Crippen LogP contribution in [0.25, 0.3) is 0 Å². The number of nitrogens with two attached hydrogens (primary N) is 1. The van der Waals surface area contributed by atoms with Crippen LogP contribution in [0.2, 0.25) is 0 Å².